The van der Waals surface area contributed by atoms with Crippen molar-refractivity contribution in [2.24, 2.45) is 11.3 Å². The lowest BCUT2D eigenvalue weighted by Gasteiger charge is -2.73. The number of hydrogen-bond acceptors (Lipinski definition) is 1. The highest BCUT2D eigenvalue weighted by Gasteiger charge is 2.69. The molecule has 0 radical (unpaired) electrons. The molecule has 4 aliphatic carbocycles. The largest absolute Gasteiger partial charge is 0.353 e. The lowest BCUT2D eigenvalue weighted by atomic mass is 9.35. The Hall–Kier alpha value is -0.530. The minimum absolute atomic E-state index is 0.247. The van der Waals surface area contributed by atoms with Gasteiger partial charge in [0.2, 0.25) is 6.41 Å². The summed E-state index contributed by atoms with van der Waals surface area (Å²) in [4.78, 5) is 10.6. The molecule has 0 atom stereocenters. The minimum Gasteiger partial charge on any atom is -0.353 e. The summed E-state index contributed by atoms with van der Waals surface area (Å²) >= 11 is 0. The Kier molecular flexibility index (Phi) is 3.38. The summed E-state index contributed by atoms with van der Waals surface area (Å²) in [5, 5.41) is 3.06. The Morgan fingerprint density at radius 2 is 1.33 bits per heavy atom. The maximum absolute atomic E-state index is 10.6. The normalized spacial score (nSPS) is 41.3. The quantitative estimate of drug-likeness (QED) is 0.757. The third kappa shape index (κ3) is 2.08. The van der Waals surface area contributed by atoms with Gasteiger partial charge in [0.25, 0.3) is 0 Å². The summed E-state index contributed by atoms with van der Waals surface area (Å²) in [6.45, 7) is 0. The molecule has 0 spiro atoms. The number of rotatable bonds is 3. The summed E-state index contributed by atoms with van der Waals surface area (Å²) in [7, 11) is 0. The van der Waals surface area contributed by atoms with E-state index in [1.165, 1.54) is 77.0 Å². The first kappa shape index (κ1) is 12.5. The first-order chi connectivity index (χ1) is 8.79. The Balaban J connectivity index is 1.53. The van der Waals surface area contributed by atoms with E-state index in [9.17, 15) is 4.79 Å². The maximum atomic E-state index is 10.6. The smallest absolute Gasteiger partial charge is 0.207 e. The number of amides is 1. The van der Waals surface area contributed by atoms with Gasteiger partial charge in [-0.25, -0.2) is 0 Å². The lowest BCUT2D eigenvalue weighted by molar-refractivity contribution is -0.193. The number of carbonyl (C=O) groups is 1. The molecule has 18 heavy (non-hydrogen) atoms. The predicted molar refractivity (Wildman–Crippen MR) is 73.3 cm³/mol. The zero-order valence-corrected chi connectivity index (χ0v) is 11.5. The van der Waals surface area contributed by atoms with Gasteiger partial charge in [0.1, 0.15) is 0 Å². The molecule has 4 fully saturated rings. The second-order valence-electron chi connectivity index (χ2n) is 7.18. The molecule has 0 aromatic rings. The summed E-state index contributed by atoms with van der Waals surface area (Å²) in [5.74, 6) is 0.964. The van der Waals surface area contributed by atoms with Gasteiger partial charge in [0.15, 0.2) is 0 Å². The van der Waals surface area contributed by atoms with Crippen LogP contribution >= 0.6 is 0 Å². The van der Waals surface area contributed by atoms with Crippen LogP contribution in [0.1, 0.15) is 77.0 Å². The lowest BCUT2D eigenvalue weighted by Crippen LogP contribution is -2.75. The zero-order chi connectivity index (χ0) is 12.5. The van der Waals surface area contributed by atoms with Crippen molar-refractivity contribution in [3.63, 3.8) is 0 Å². The monoisotopic (exact) mass is 249 g/mol. The molecule has 1 amide bonds. The Morgan fingerprint density at radius 1 is 0.833 bits per heavy atom. The molecule has 0 aromatic heterocycles. The highest BCUT2D eigenvalue weighted by Crippen LogP contribution is 2.71. The Labute approximate surface area is 111 Å². The fourth-order valence-corrected chi connectivity index (χ4v) is 5.00. The van der Waals surface area contributed by atoms with Gasteiger partial charge in [-0.2, -0.15) is 0 Å². The van der Waals surface area contributed by atoms with E-state index < -0.39 is 0 Å². The molecule has 2 nitrogen and oxygen atoms in total. The Bertz CT molecular complexity index is 282. The highest BCUT2D eigenvalue weighted by molar-refractivity contribution is 5.51. The fraction of sp³-hybridized carbons (Fsp3) is 0.938. The van der Waals surface area contributed by atoms with Crippen molar-refractivity contribution in [2.75, 3.05) is 0 Å². The van der Waals surface area contributed by atoms with E-state index in [4.69, 9.17) is 0 Å². The second kappa shape index (κ2) is 4.86. The van der Waals surface area contributed by atoms with Gasteiger partial charge in [-0.1, -0.05) is 44.9 Å². The number of hydrogen-bond donors (Lipinski definition) is 1. The molecule has 0 heterocycles. The maximum Gasteiger partial charge on any atom is 0.207 e. The summed E-state index contributed by atoms with van der Waals surface area (Å²) in [6.07, 6.45) is 17.8. The predicted octanol–water partition coefficient (Wildman–Crippen LogP) is 3.80. The third-order valence-electron chi connectivity index (χ3n) is 5.91. The first-order valence-electron chi connectivity index (χ1n) is 8.00. The SMILES string of the molecule is O=CNC12CC(C3CCCCCCCCC3)(C1)C2. The molecule has 2 bridgehead atoms. The van der Waals surface area contributed by atoms with Crippen LogP contribution in [0.2, 0.25) is 0 Å². The van der Waals surface area contributed by atoms with Crippen molar-refractivity contribution in [2.45, 2.75) is 82.6 Å². The van der Waals surface area contributed by atoms with Crippen LogP contribution in [0.15, 0.2) is 0 Å². The van der Waals surface area contributed by atoms with Crippen LogP contribution in [0, 0.1) is 11.3 Å². The van der Waals surface area contributed by atoms with Crippen molar-refractivity contribution in [3.05, 3.63) is 0 Å². The van der Waals surface area contributed by atoms with Crippen LogP contribution in [-0.2, 0) is 4.79 Å². The van der Waals surface area contributed by atoms with Crippen molar-refractivity contribution in [1.82, 2.24) is 5.32 Å². The van der Waals surface area contributed by atoms with Gasteiger partial charge in [-0.15, -0.1) is 0 Å². The van der Waals surface area contributed by atoms with Crippen molar-refractivity contribution >= 4 is 6.41 Å². The molecule has 1 N–H and O–H groups in total. The van der Waals surface area contributed by atoms with Gasteiger partial charge in [0.05, 0.1) is 0 Å². The van der Waals surface area contributed by atoms with Crippen molar-refractivity contribution < 1.29 is 4.79 Å². The van der Waals surface area contributed by atoms with Crippen LogP contribution in [0.3, 0.4) is 0 Å². The standard InChI is InChI=1S/C16H27NO/c18-13-17-16-10-15(11-16,12-16)14-8-6-4-2-1-3-5-7-9-14/h13-14H,1-12H2,(H,17,18). The summed E-state index contributed by atoms with van der Waals surface area (Å²) in [6, 6.07) is 0. The van der Waals surface area contributed by atoms with Gasteiger partial charge in [-0.3, -0.25) is 4.79 Å². The zero-order valence-electron chi connectivity index (χ0n) is 11.5. The van der Waals surface area contributed by atoms with Gasteiger partial charge in [0, 0.05) is 5.54 Å². The van der Waals surface area contributed by atoms with E-state index in [1.807, 2.05) is 0 Å². The van der Waals surface area contributed by atoms with Gasteiger partial charge >= 0.3 is 0 Å². The average Bonchev–Trinajstić information content (AvgIpc) is 2.29. The van der Waals surface area contributed by atoms with E-state index in [0.717, 1.165) is 12.3 Å². The topological polar surface area (TPSA) is 29.1 Å². The van der Waals surface area contributed by atoms with Crippen molar-refractivity contribution in [1.29, 1.82) is 0 Å². The molecule has 4 rings (SSSR count). The average molecular weight is 249 g/mol. The number of nitrogens with one attached hydrogen (secondary N) is 1. The molecule has 0 aliphatic heterocycles. The summed E-state index contributed by atoms with van der Waals surface area (Å²) < 4.78 is 0. The van der Waals surface area contributed by atoms with Gasteiger partial charge < -0.3 is 5.32 Å². The molecular weight excluding hydrogens is 222 g/mol. The molecule has 0 aromatic carbocycles. The third-order valence-corrected chi connectivity index (χ3v) is 5.91. The van der Waals surface area contributed by atoms with Gasteiger partial charge in [-0.05, 0) is 43.4 Å². The van der Waals surface area contributed by atoms with E-state index in [2.05, 4.69) is 5.32 Å². The fourth-order valence-electron chi connectivity index (χ4n) is 5.00. The molecular formula is C16H27NO. The molecule has 0 unspecified atom stereocenters. The molecule has 4 aliphatic rings. The Morgan fingerprint density at radius 3 is 1.83 bits per heavy atom. The van der Waals surface area contributed by atoms with Crippen LogP contribution < -0.4 is 5.32 Å². The molecule has 0 saturated heterocycles. The van der Waals surface area contributed by atoms with Crippen molar-refractivity contribution in [3.8, 4) is 0 Å². The second-order valence-corrected chi connectivity index (χ2v) is 7.18. The van der Waals surface area contributed by atoms with Crippen LogP contribution in [0.5, 0.6) is 0 Å². The van der Waals surface area contributed by atoms with Crippen LogP contribution in [0.4, 0.5) is 0 Å². The number of carbonyl (C=O) groups excluding carboxylic acids is 1. The van der Waals surface area contributed by atoms with E-state index in [-0.39, 0.29) is 5.54 Å². The first-order valence-corrected chi connectivity index (χ1v) is 8.00. The van der Waals surface area contributed by atoms with E-state index in [1.54, 1.807) is 0 Å². The van der Waals surface area contributed by atoms with Crippen LogP contribution in [0.25, 0.3) is 0 Å². The van der Waals surface area contributed by atoms with Crippen LogP contribution in [-0.4, -0.2) is 11.9 Å². The molecule has 102 valence electrons. The van der Waals surface area contributed by atoms with E-state index in [0.29, 0.717) is 5.41 Å². The molecule has 4 saturated carbocycles. The van der Waals surface area contributed by atoms with E-state index >= 15 is 0 Å². The summed E-state index contributed by atoms with van der Waals surface area (Å²) in [5.41, 5.74) is 0.895. The molecule has 2 heteroatoms. The minimum atomic E-state index is 0.247. The highest BCUT2D eigenvalue weighted by atomic mass is 16.1.